The molecule has 4 rings (SSSR count). The van der Waals surface area contributed by atoms with Crippen LogP contribution in [0.15, 0.2) is 102 Å². The van der Waals surface area contributed by atoms with Gasteiger partial charge in [-0.05, 0) is 67.1 Å². The highest BCUT2D eigenvalue weighted by molar-refractivity contribution is 7.92. The minimum Gasteiger partial charge on any atom is -0.495 e. The molecule has 7 nitrogen and oxygen atoms in total. The van der Waals surface area contributed by atoms with E-state index in [-0.39, 0.29) is 18.0 Å². The Morgan fingerprint density at radius 3 is 2.26 bits per heavy atom. The Labute approximate surface area is 227 Å². The number of sulfonamides is 1. The fourth-order valence-electron chi connectivity index (χ4n) is 3.72. The molecule has 0 atom stereocenters. The van der Waals surface area contributed by atoms with Crippen molar-refractivity contribution in [2.45, 2.75) is 18.4 Å². The van der Waals surface area contributed by atoms with Gasteiger partial charge in [0, 0.05) is 5.02 Å². The zero-order chi connectivity index (χ0) is 27.1. The number of nitrogens with one attached hydrogen (secondary N) is 1. The van der Waals surface area contributed by atoms with Crippen LogP contribution in [-0.2, 0) is 21.4 Å². The summed E-state index contributed by atoms with van der Waals surface area (Å²) < 4.78 is 39.5. The predicted molar refractivity (Wildman–Crippen MR) is 150 cm³/mol. The zero-order valence-electron chi connectivity index (χ0n) is 20.9. The molecular weight excluding hydrogens is 524 g/mol. The Morgan fingerprint density at radius 2 is 1.61 bits per heavy atom. The highest BCUT2D eigenvalue weighted by Crippen LogP contribution is 2.29. The molecule has 0 aliphatic heterocycles. The van der Waals surface area contributed by atoms with E-state index in [0.717, 1.165) is 11.1 Å². The molecule has 0 fully saturated rings. The number of carbonyl (C=O) groups excluding carboxylic acids is 1. The van der Waals surface area contributed by atoms with Crippen molar-refractivity contribution < 1.29 is 22.7 Å². The monoisotopic (exact) mass is 550 g/mol. The lowest BCUT2D eigenvalue weighted by Crippen LogP contribution is -2.30. The Balaban J connectivity index is 1.51. The molecule has 4 aromatic carbocycles. The van der Waals surface area contributed by atoms with Crippen LogP contribution in [0.4, 0.5) is 11.4 Å². The Morgan fingerprint density at radius 1 is 0.921 bits per heavy atom. The van der Waals surface area contributed by atoms with E-state index in [1.807, 2.05) is 37.3 Å². The maximum atomic E-state index is 13.6. The fourth-order valence-corrected chi connectivity index (χ4v) is 5.35. The van der Waals surface area contributed by atoms with E-state index in [1.165, 1.54) is 11.4 Å². The molecule has 38 heavy (non-hydrogen) atoms. The number of hydrogen-bond acceptors (Lipinski definition) is 5. The summed E-state index contributed by atoms with van der Waals surface area (Å²) in [5.41, 5.74) is 2.71. The van der Waals surface area contributed by atoms with Crippen LogP contribution in [-0.4, -0.2) is 28.0 Å². The van der Waals surface area contributed by atoms with Gasteiger partial charge in [0.25, 0.3) is 15.9 Å². The number of carbonyl (C=O) groups is 1. The first-order valence-corrected chi connectivity index (χ1v) is 13.6. The summed E-state index contributed by atoms with van der Waals surface area (Å²) in [6.45, 7) is 1.80. The van der Waals surface area contributed by atoms with Crippen LogP contribution in [0.1, 0.15) is 11.1 Å². The van der Waals surface area contributed by atoms with Crippen molar-refractivity contribution in [2.75, 3.05) is 23.3 Å². The van der Waals surface area contributed by atoms with Crippen molar-refractivity contribution >= 4 is 38.9 Å². The molecule has 0 heterocycles. The number of aryl methyl sites for hydroxylation is 1. The normalized spacial score (nSPS) is 11.0. The molecule has 4 aromatic rings. The third-order valence-corrected chi connectivity index (χ3v) is 7.73. The summed E-state index contributed by atoms with van der Waals surface area (Å²) in [5, 5.41) is 3.17. The summed E-state index contributed by atoms with van der Waals surface area (Å²) in [6, 6.07) is 27.6. The van der Waals surface area contributed by atoms with Crippen molar-refractivity contribution in [3.05, 3.63) is 113 Å². The zero-order valence-corrected chi connectivity index (χ0v) is 22.5. The molecular formula is C29H27ClN2O5S. The average Bonchev–Trinajstić information content (AvgIpc) is 2.92. The van der Waals surface area contributed by atoms with E-state index in [9.17, 15) is 13.2 Å². The van der Waals surface area contributed by atoms with Gasteiger partial charge < -0.3 is 14.8 Å². The van der Waals surface area contributed by atoms with Gasteiger partial charge in [0.05, 0.1) is 29.9 Å². The molecule has 0 radical (unpaired) electrons. The van der Waals surface area contributed by atoms with Crippen LogP contribution < -0.4 is 19.1 Å². The van der Waals surface area contributed by atoms with Gasteiger partial charge in [0.1, 0.15) is 11.5 Å². The number of anilines is 2. The fraction of sp³-hybridized carbons (Fsp3) is 0.138. The number of rotatable bonds is 10. The molecule has 0 unspecified atom stereocenters. The minimum atomic E-state index is -3.85. The summed E-state index contributed by atoms with van der Waals surface area (Å²) >= 11 is 6.01. The van der Waals surface area contributed by atoms with Crippen LogP contribution >= 0.6 is 11.6 Å². The largest absolute Gasteiger partial charge is 0.495 e. The molecule has 0 saturated carbocycles. The second-order valence-electron chi connectivity index (χ2n) is 8.49. The molecule has 1 amide bonds. The average molecular weight is 551 g/mol. The van der Waals surface area contributed by atoms with Crippen LogP contribution in [0.25, 0.3) is 0 Å². The summed E-state index contributed by atoms with van der Waals surface area (Å²) in [4.78, 5) is 12.6. The highest BCUT2D eigenvalue weighted by Gasteiger charge is 2.25. The molecule has 0 aliphatic carbocycles. The maximum Gasteiger partial charge on any atom is 0.264 e. The molecule has 0 spiro atoms. The van der Waals surface area contributed by atoms with Gasteiger partial charge in [-0.25, -0.2) is 8.42 Å². The number of nitrogens with zero attached hydrogens (tertiary/aromatic N) is 1. The lowest BCUT2D eigenvalue weighted by atomic mass is 10.2. The Bertz CT molecular complexity index is 1490. The summed E-state index contributed by atoms with van der Waals surface area (Å²) in [5.74, 6) is 0.483. The van der Waals surface area contributed by atoms with Crippen molar-refractivity contribution in [3.8, 4) is 11.5 Å². The van der Waals surface area contributed by atoms with Gasteiger partial charge in [-0.2, -0.15) is 0 Å². The van der Waals surface area contributed by atoms with E-state index in [4.69, 9.17) is 21.1 Å². The summed E-state index contributed by atoms with van der Waals surface area (Å²) in [6.07, 6.45) is 0. The topological polar surface area (TPSA) is 84.9 Å². The minimum absolute atomic E-state index is 0.154. The molecule has 9 heteroatoms. The van der Waals surface area contributed by atoms with Gasteiger partial charge in [-0.3, -0.25) is 9.10 Å². The molecule has 0 aliphatic rings. The van der Waals surface area contributed by atoms with Crippen molar-refractivity contribution in [1.82, 2.24) is 0 Å². The first-order valence-electron chi connectivity index (χ1n) is 11.8. The van der Waals surface area contributed by atoms with Gasteiger partial charge in [-0.1, -0.05) is 59.6 Å². The number of ether oxygens (including phenoxy) is 2. The summed E-state index contributed by atoms with van der Waals surface area (Å²) in [7, 11) is -2.35. The molecule has 196 valence electrons. The lowest BCUT2D eigenvalue weighted by molar-refractivity contribution is -0.118. The molecule has 0 aromatic heterocycles. The number of methoxy groups -OCH3 is 1. The second kappa shape index (κ2) is 12.0. The SMILES string of the molecule is COc1ccc(Cl)cc1NC(=O)COc1ccc(N(Cc2ccccc2)S(=O)(=O)c2ccc(C)cc2)cc1. The number of hydrogen-bond donors (Lipinski definition) is 1. The third kappa shape index (κ3) is 6.65. The van der Waals surface area contributed by atoms with E-state index in [2.05, 4.69) is 5.32 Å². The van der Waals surface area contributed by atoms with Crippen molar-refractivity contribution in [3.63, 3.8) is 0 Å². The van der Waals surface area contributed by atoms with Gasteiger partial charge in [0.2, 0.25) is 0 Å². The molecule has 1 N–H and O–H groups in total. The van der Waals surface area contributed by atoms with E-state index in [0.29, 0.717) is 27.9 Å². The number of amides is 1. The Kier molecular flexibility index (Phi) is 8.55. The highest BCUT2D eigenvalue weighted by atomic mass is 35.5. The predicted octanol–water partition coefficient (Wildman–Crippen LogP) is 6.07. The van der Waals surface area contributed by atoms with Crippen molar-refractivity contribution in [1.29, 1.82) is 0 Å². The van der Waals surface area contributed by atoms with Crippen LogP contribution in [0.3, 0.4) is 0 Å². The van der Waals surface area contributed by atoms with Crippen LogP contribution in [0, 0.1) is 6.92 Å². The first-order chi connectivity index (χ1) is 18.3. The number of benzene rings is 4. The van der Waals surface area contributed by atoms with E-state index >= 15 is 0 Å². The third-order valence-electron chi connectivity index (χ3n) is 5.71. The van der Waals surface area contributed by atoms with Gasteiger partial charge in [-0.15, -0.1) is 0 Å². The van der Waals surface area contributed by atoms with Crippen LogP contribution in [0.2, 0.25) is 5.02 Å². The molecule has 0 saturated heterocycles. The van der Waals surface area contributed by atoms with Crippen molar-refractivity contribution in [2.24, 2.45) is 0 Å². The maximum absolute atomic E-state index is 13.6. The van der Waals surface area contributed by atoms with Gasteiger partial charge in [0.15, 0.2) is 6.61 Å². The Hall–Kier alpha value is -4.01. The smallest absolute Gasteiger partial charge is 0.264 e. The van der Waals surface area contributed by atoms with Gasteiger partial charge >= 0.3 is 0 Å². The number of halogens is 1. The molecule has 0 bridgehead atoms. The quantitative estimate of drug-likeness (QED) is 0.259. The second-order valence-corrected chi connectivity index (χ2v) is 10.8. The van der Waals surface area contributed by atoms with Crippen LogP contribution in [0.5, 0.6) is 11.5 Å². The van der Waals surface area contributed by atoms with E-state index in [1.54, 1.807) is 66.7 Å². The lowest BCUT2D eigenvalue weighted by Gasteiger charge is -2.25. The first kappa shape index (κ1) is 27.0. The standard InChI is InChI=1S/C29H27ClN2O5S/c1-21-8-15-26(16-9-21)38(34,35)32(19-22-6-4-3-5-7-22)24-11-13-25(14-12-24)37-20-29(33)31-27-18-23(30)10-17-28(27)36-2/h3-18H,19-20H2,1-2H3,(H,31,33). The van der Waals surface area contributed by atoms with E-state index < -0.39 is 15.9 Å².